The summed E-state index contributed by atoms with van der Waals surface area (Å²) in [6.07, 6.45) is 5.16. The van der Waals surface area contributed by atoms with Crippen molar-refractivity contribution in [2.24, 2.45) is 0 Å². The van der Waals surface area contributed by atoms with Crippen molar-refractivity contribution in [2.75, 3.05) is 12.8 Å². The van der Waals surface area contributed by atoms with Crippen molar-refractivity contribution >= 4 is 16.7 Å². The van der Waals surface area contributed by atoms with Crippen molar-refractivity contribution in [3.63, 3.8) is 0 Å². The van der Waals surface area contributed by atoms with Crippen molar-refractivity contribution in [2.45, 2.75) is 50.3 Å². The van der Waals surface area contributed by atoms with E-state index in [2.05, 4.69) is 0 Å². The summed E-state index contributed by atoms with van der Waals surface area (Å²) in [6, 6.07) is 3.22. The molecule has 0 radical (unpaired) electrons. The van der Waals surface area contributed by atoms with Gasteiger partial charge in [0.2, 0.25) is 5.91 Å². The Hall–Kier alpha value is -1.30. The van der Waals surface area contributed by atoms with Crippen LogP contribution in [0.2, 0.25) is 0 Å². The molecular weight excluding hydrogens is 320 g/mol. The molecule has 0 unspecified atom stereocenters. The van der Waals surface area contributed by atoms with Gasteiger partial charge in [0.05, 0.1) is 6.04 Å². The van der Waals surface area contributed by atoms with E-state index in [0.717, 1.165) is 37.8 Å². The molecule has 1 saturated carbocycles. The third-order valence-corrected chi connectivity index (χ3v) is 6.34. The topological polar surface area (TPSA) is 37.4 Å². The Bertz CT molecular complexity index is 588. The number of halogens is 2. The molecule has 1 amide bonds. The molecule has 0 bridgehead atoms. The maximum Gasteiger partial charge on any atom is 0.235 e. The predicted octanol–water partition coefficient (Wildman–Crippen LogP) is 3.57. The molecule has 1 aliphatic rings. The fourth-order valence-corrected chi connectivity index (χ4v) is 4.42. The van der Waals surface area contributed by atoms with Gasteiger partial charge >= 0.3 is 0 Å². The smallest absolute Gasteiger partial charge is 0.235 e. The second-order valence-electron chi connectivity index (χ2n) is 6.14. The number of benzene rings is 1. The largest absolute Gasteiger partial charge is 0.338 e. The minimum absolute atomic E-state index is 0.00478. The number of amides is 1. The predicted molar refractivity (Wildman–Crippen MR) is 87.4 cm³/mol. The van der Waals surface area contributed by atoms with E-state index in [1.165, 1.54) is 17.4 Å². The van der Waals surface area contributed by atoms with Crippen LogP contribution in [-0.2, 0) is 15.6 Å². The second-order valence-corrected chi connectivity index (χ2v) is 7.86. The summed E-state index contributed by atoms with van der Waals surface area (Å²) in [6.45, 7) is 1.74. The van der Waals surface area contributed by atoms with Crippen LogP contribution >= 0.6 is 0 Å². The van der Waals surface area contributed by atoms with Gasteiger partial charge in [-0.1, -0.05) is 25.3 Å². The molecule has 128 valence electrons. The molecule has 0 spiro atoms. The highest BCUT2D eigenvalue weighted by molar-refractivity contribution is 7.86. The van der Waals surface area contributed by atoms with Crippen LogP contribution in [-0.4, -0.2) is 33.1 Å². The van der Waals surface area contributed by atoms with Crippen LogP contribution in [0, 0.1) is 11.6 Å². The zero-order valence-corrected chi connectivity index (χ0v) is 14.4. The van der Waals surface area contributed by atoms with Crippen molar-refractivity contribution in [3.8, 4) is 0 Å². The highest BCUT2D eigenvalue weighted by Crippen LogP contribution is 2.24. The lowest BCUT2D eigenvalue weighted by atomic mass is 10.0. The van der Waals surface area contributed by atoms with Gasteiger partial charge in [-0.15, -0.1) is 0 Å². The first-order valence-corrected chi connectivity index (χ1v) is 9.36. The minimum Gasteiger partial charge on any atom is -0.338 e. The molecule has 2 rings (SSSR count). The minimum atomic E-state index is -1.16. The van der Waals surface area contributed by atoms with Gasteiger partial charge in [-0.3, -0.25) is 9.00 Å². The van der Waals surface area contributed by atoms with Crippen LogP contribution in [0.1, 0.15) is 50.6 Å². The zero-order chi connectivity index (χ0) is 17.0. The highest BCUT2D eigenvalue weighted by atomic mass is 32.2. The van der Waals surface area contributed by atoms with E-state index in [4.69, 9.17) is 0 Å². The van der Waals surface area contributed by atoms with E-state index in [1.54, 1.807) is 14.0 Å². The molecule has 1 aromatic carbocycles. The average molecular weight is 343 g/mol. The second kappa shape index (κ2) is 7.99. The van der Waals surface area contributed by atoms with Gasteiger partial charge in [0.1, 0.15) is 5.75 Å². The van der Waals surface area contributed by atoms with Gasteiger partial charge < -0.3 is 4.90 Å². The summed E-state index contributed by atoms with van der Waals surface area (Å²) in [7, 11) is 0.440. The molecule has 0 saturated heterocycles. The third-order valence-electron chi connectivity index (χ3n) is 4.59. The monoisotopic (exact) mass is 343 g/mol. The summed E-state index contributed by atoms with van der Waals surface area (Å²) >= 11 is 0. The lowest BCUT2D eigenvalue weighted by Gasteiger charge is -2.27. The highest BCUT2D eigenvalue weighted by Gasteiger charge is 2.25. The Morgan fingerprint density at radius 1 is 1.26 bits per heavy atom. The van der Waals surface area contributed by atoms with Gasteiger partial charge in [-0.2, -0.15) is 0 Å². The Morgan fingerprint density at radius 2 is 1.91 bits per heavy atom. The summed E-state index contributed by atoms with van der Waals surface area (Å²) in [5.74, 6) is -2.07. The molecule has 0 heterocycles. The van der Waals surface area contributed by atoms with Crippen LogP contribution in [0.5, 0.6) is 0 Å². The number of carbonyl (C=O) groups excluding carboxylic acids is 1. The fraction of sp³-hybridized carbons (Fsp3) is 0.588. The van der Waals surface area contributed by atoms with E-state index in [-0.39, 0.29) is 16.9 Å². The molecule has 0 aliphatic heterocycles. The molecule has 0 N–H and O–H groups in total. The van der Waals surface area contributed by atoms with Crippen molar-refractivity contribution in [1.29, 1.82) is 0 Å². The fourth-order valence-electron chi connectivity index (χ4n) is 2.88. The quantitative estimate of drug-likeness (QED) is 0.820. The van der Waals surface area contributed by atoms with Gasteiger partial charge in [-0.05, 0) is 37.5 Å². The van der Waals surface area contributed by atoms with Crippen LogP contribution < -0.4 is 0 Å². The molecule has 1 fully saturated rings. The molecule has 2 atom stereocenters. The molecule has 6 heteroatoms. The Balaban J connectivity index is 1.97. The number of hydrogen-bond acceptors (Lipinski definition) is 2. The van der Waals surface area contributed by atoms with E-state index < -0.39 is 28.5 Å². The van der Waals surface area contributed by atoms with Crippen molar-refractivity contribution < 1.29 is 17.8 Å². The molecule has 1 aliphatic carbocycles. The Labute approximate surface area is 138 Å². The van der Waals surface area contributed by atoms with E-state index >= 15 is 0 Å². The van der Waals surface area contributed by atoms with Crippen molar-refractivity contribution in [3.05, 3.63) is 35.4 Å². The summed E-state index contributed by atoms with van der Waals surface area (Å²) in [5.41, 5.74) is 0.517. The molecule has 1 aromatic rings. The third kappa shape index (κ3) is 4.59. The summed E-state index contributed by atoms with van der Waals surface area (Å²) in [4.78, 5) is 13.8. The van der Waals surface area contributed by atoms with Gasteiger partial charge in [0.15, 0.2) is 11.6 Å². The first kappa shape index (κ1) is 18.0. The van der Waals surface area contributed by atoms with E-state index in [0.29, 0.717) is 5.56 Å². The standard InChI is InChI=1S/C17H23F2NO2S/c1-12(13-8-9-15(18)16(19)10-13)20(2)17(21)11-23(22)14-6-4-3-5-7-14/h8-10,12,14H,3-7,11H2,1-2H3/t12-,23+/m1/s1. The van der Waals surface area contributed by atoms with Crippen LogP contribution in [0.3, 0.4) is 0 Å². The number of carbonyl (C=O) groups is 1. The van der Waals surface area contributed by atoms with Crippen LogP contribution in [0.25, 0.3) is 0 Å². The first-order chi connectivity index (χ1) is 10.9. The van der Waals surface area contributed by atoms with Crippen molar-refractivity contribution in [1.82, 2.24) is 4.90 Å². The zero-order valence-electron chi connectivity index (χ0n) is 13.6. The van der Waals surface area contributed by atoms with E-state index in [1.807, 2.05) is 0 Å². The lowest BCUT2D eigenvalue weighted by molar-refractivity contribution is -0.129. The summed E-state index contributed by atoms with van der Waals surface area (Å²) < 4.78 is 38.7. The lowest BCUT2D eigenvalue weighted by Crippen LogP contribution is -2.35. The molecule has 0 aromatic heterocycles. The van der Waals surface area contributed by atoms with E-state index in [9.17, 15) is 17.8 Å². The molecular formula is C17H23F2NO2S. The SMILES string of the molecule is C[C@H](c1ccc(F)c(F)c1)N(C)C(=O)C[S@](=O)C1CCCCC1. The van der Waals surface area contributed by atoms with Gasteiger partial charge in [-0.25, -0.2) is 8.78 Å². The average Bonchev–Trinajstić information content (AvgIpc) is 2.56. The normalized spacial score (nSPS) is 18.4. The number of nitrogens with zero attached hydrogens (tertiary/aromatic N) is 1. The van der Waals surface area contributed by atoms with Gasteiger partial charge in [0, 0.05) is 23.1 Å². The van der Waals surface area contributed by atoms with Crippen LogP contribution in [0.15, 0.2) is 18.2 Å². The Morgan fingerprint density at radius 3 is 2.52 bits per heavy atom. The summed E-state index contributed by atoms with van der Waals surface area (Å²) in [5, 5.41) is 0.111. The maximum atomic E-state index is 13.3. The molecule has 3 nitrogen and oxygen atoms in total. The first-order valence-electron chi connectivity index (χ1n) is 7.98. The van der Waals surface area contributed by atoms with Gasteiger partial charge in [0.25, 0.3) is 0 Å². The Kier molecular flexibility index (Phi) is 6.27. The number of rotatable bonds is 5. The molecule has 23 heavy (non-hydrogen) atoms. The maximum absolute atomic E-state index is 13.3. The number of hydrogen-bond donors (Lipinski definition) is 0. The van der Waals surface area contributed by atoms with Crippen LogP contribution in [0.4, 0.5) is 8.78 Å².